The second-order valence-corrected chi connectivity index (χ2v) is 1.70. The molecule has 3 nitrogen and oxygen atoms in total. The third-order valence-electron chi connectivity index (χ3n) is 1.14. The van der Waals surface area contributed by atoms with Crippen molar-refractivity contribution in [1.29, 1.82) is 0 Å². The maximum Gasteiger partial charge on any atom is 0.316 e. The van der Waals surface area contributed by atoms with Crippen LogP contribution >= 0.6 is 0 Å². The van der Waals surface area contributed by atoms with Crippen molar-refractivity contribution in [3.05, 3.63) is 0 Å². The lowest BCUT2D eigenvalue weighted by molar-refractivity contribution is -0.142. The Morgan fingerprint density at radius 3 is 2.75 bits per heavy atom. The fourth-order valence-electron chi connectivity index (χ4n) is 0.635. The van der Waals surface area contributed by atoms with E-state index >= 15 is 0 Å². The van der Waals surface area contributed by atoms with Crippen LogP contribution in [-0.2, 0) is 14.3 Å². The van der Waals surface area contributed by atoms with E-state index in [-0.39, 0.29) is 5.97 Å². The van der Waals surface area contributed by atoms with E-state index in [1.54, 1.807) is 0 Å². The van der Waals surface area contributed by atoms with Crippen LogP contribution in [0, 0.1) is 5.92 Å². The van der Waals surface area contributed by atoms with E-state index in [1.165, 1.54) is 0 Å². The highest BCUT2D eigenvalue weighted by Crippen LogP contribution is 2.10. The number of rotatable bonds is 1. The Labute approximate surface area is 46.6 Å². The van der Waals surface area contributed by atoms with Gasteiger partial charge in [-0.3, -0.25) is 4.79 Å². The van der Waals surface area contributed by atoms with Crippen LogP contribution in [0.1, 0.15) is 6.42 Å². The predicted octanol–water partition coefficient (Wildman–Crippen LogP) is -0.252. The molecule has 0 amide bonds. The fraction of sp³-hybridized carbons (Fsp3) is 0.600. The molecule has 1 rings (SSSR count). The molecule has 0 aliphatic carbocycles. The molecule has 8 heavy (non-hydrogen) atoms. The van der Waals surface area contributed by atoms with Gasteiger partial charge in [0.15, 0.2) is 0 Å². The zero-order valence-electron chi connectivity index (χ0n) is 4.29. The number of ether oxygens (including phenoxy) is 1. The van der Waals surface area contributed by atoms with Crippen LogP contribution in [0.15, 0.2) is 0 Å². The minimum atomic E-state index is -0.477. The van der Waals surface area contributed by atoms with E-state index in [2.05, 4.69) is 4.74 Å². The lowest BCUT2D eigenvalue weighted by Gasteiger charge is -1.87. The predicted molar refractivity (Wildman–Crippen MR) is 25.1 cm³/mol. The number of esters is 1. The third-order valence-corrected chi connectivity index (χ3v) is 1.14. The summed E-state index contributed by atoms with van der Waals surface area (Å²) in [5.41, 5.74) is 0. The number of cyclic esters (lactones) is 1. The average Bonchev–Trinajstić information content (AvgIpc) is 2.14. The summed E-state index contributed by atoms with van der Waals surface area (Å²) in [5.74, 6) is -0.852. The van der Waals surface area contributed by atoms with E-state index in [9.17, 15) is 9.59 Å². The van der Waals surface area contributed by atoms with E-state index in [0.717, 1.165) is 0 Å². The monoisotopic (exact) mass is 114 g/mol. The first-order valence-corrected chi connectivity index (χ1v) is 2.46. The van der Waals surface area contributed by atoms with Gasteiger partial charge in [0, 0.05) is 6.42 Å². The molecule has 0 radical (unpaired) electrons. The Bertz CT molecular complexity index is 119. The average molecular weight is 114 g/mol. The van der Waals surface area contributed by atoms with Crippen LogP contribution in [0.4, 0.5) is 0 Å². The summed E-state index contributed by atoms with van der Waals surface area (Å²) in [6, 6.07) is 0. The van der Waals surface area contributed by atoms with Gasteiger partial charge in [-0.1, -0.05) is 0 Å². The summed E-state index contributed by atoms with van der Waals surface area (Å²) in [6.45, 7) is 0.405. The molecule has 1 atom stereocenters. The number of hydrogen-bond donors (Lipinski definition) is 0. The van der Waals surface area contributed by atoms with Crippen LogP contribution in [0.25, 0.3) is 0 Å². The van der Waals surface area contributed by atoms with E-state index in [0.29, 0.717) is 19.3 Å². The quantitative estimate of drug-likeness (QED) is 0.268. The molecular formula is C5H6O3. The minimum absolute atomic E-state index is 0.375. The summed E-state index contributed by atoms with van der Waals surface area (Å²) in [5, 5.41) is 0. The highest BCUT2D eigenvalue weighted by Gasteiger charge is 2.25. The van der Waals surface area contributed by atoms with Gasteiger partial charge >= 0.3 is 5.97 Å². The highest BCUT2D eigenvalue weighted by atomic mass is 16.5. The molecule has 1 heterocycles. The first kappa shape index (κ1) is 5.28. The van der Waals surface area contributed by atoms with Crippen molar-refractivity contribution in [3.63, 3.8) is 0 Å². The Morgan fingerprint density at radius 1 is 1.75 bits per heavy atom. The summed E-state index contributed by atoms with van der Waals surface area (Å²) < 4.78 is 4.49. The molecule has 1 aliphatic rings. The number of hydrogen-bond acceptors (Lipinski definition) is 3. The summed E-state index contributed by atoms with van der Waals surface area (Å²) in [7, 11) is 0. The van der Waals surface area contributed by atoms with E-state index in [1.807, 2.05) is 0 Å². The standard InChI is InChI=1S/C5H6O3/c6-3-4-1-2-8-5(4)7/h3-4H,1-2H2/t4-/m1/s1. The molecule has 0 unspecified atom stereocenters. The molecular weight excluding hydrogens is 108 g/mol. The third kappa shape index (κ3) is 0.710. The van der Waals surface area contributed by atoms with Gasteiger partial charge in [0.1, 0.15) is 12.2 Å². The van der Waals surface area contributed by atoms with Crippen molar-refractivity contribution in [2.75, 3.05) is 6.61 Å². The van der Waals surface area contributed by atoms with Crippen LogP contribution in [0.5, 0.6) is 0 Å². The van der Waals surface area contributed by atoms with E-state index in [4.69, 9.17) is 0 Å². The molecule has 3 heteroatoms. The van der Waals surface area contributed by atoms with Crippen LogP contribution in [-0.4, -0.2) is 18.9 Å². The molecule has 1 aliphatic heterocycles. The molecule has 0 aromatic heterocycles. The lowest BCUT2D eigenvalue weighted by atomic mass is 10.1. The Morgan fingerprint density at radius 2 is 2.50 bits per heavy atom. The van der Waals surface area contributed by atoms with Crippen molar-refractivity contribution >= 4 is 12.3 Å². The van der Waals surface area contributed by atoms with Crippen LogP contribution in [0.2, 0.25) is 0 Å². The molecule has 0 N–H and O–H groups in total. The van der Waals surface area contributed by atoms with Gasteiger partial charge < -0.3 is 9.53 Å². The highest BCUT2D eigenvalue weighted by molar-refractivity contribution is 5.88. The maximum absolute atomic E-state index is 10.4. The van der Waals surface area contributed by atoms with Crippen molar-refractivity contribution in [3.8, 4) is 0 Å². The Balaban J connectivity index is 2.54. The summed E-state index contributed by atoms with van der Waals surface area (Å²) >= 11 is 0. The zero-order valence-corrected chi connectivity index (χ0v) is 4.29. The normalized spacial score (nSPS) is 27.5. The second kappa shape index (κ2) is 1.94. The van der Waals surface area contributed by atoms with Gasteiger partial charge in [0.2, 0.25) is 0 Å². The molecule has 0 bridgehead atoms. The van der Waals surface area contributed by atoms with Crippen molar-refractivity contribution < 1.29 is 14.3 Å². The molecule has 0 spiro atoms. The number of carbonyl (C=O) groups is 2. The van der Waals surface area contributed by atoms with Gasteiger partial charge in [-0.2, -0.15) is 0 Å². The fourth-order valence-corrected chi connectivity index (χ4v) is 0.635. The number of carbonyl (C=O) groups excluding carboxylic acids is 2. The first-order valence-electron chi connectivity index (χ1n) is 2.46. The molecule has 1 saturated heterocycles. The Kier molecular flexibility index (Phi) is 1.28. The SMILES string of the molecule is O=C[C@H]1CCOC1=O. The van der Waals surface area contributed by atoms with Gasteiger partial charge in [-0.05, 0) is 0 Å². The molecule has 0 saturated carbocycles. The molecule has 1 fully saturated rings. The first-order chi connectivity index (χ1) is 3.84. The smallest absolute Gasteiger partial charge is 0.316 e. The van der Waals surface area contributed by atoms with Gasteiger partial charge in [0.05, 0.1) is 6.61 Å². The van der Waals surface area contributed by atoms with Crippen LogP contribution < -0.4 is 0 Å². The Hall–Kier alpha value is -0.860. The zero-order chi connectivity index (χ0) is 5.98. The van der Waals surface area contributed by atoms with E-state index < -0.39 is 5.92 Å². The van der Waals surface area contributed by atoms with Crippen molar-refractivity contribution in [2.45, 2.75) is 6.42 Å². The van der Waals surface area contributed by atoms with Gasteiger partial charge in [-0.15, -0.1) is 0 Å². The molecule has 44 valence electrons. The number of aldehydes is 1. The summed E-state index contributed by atoms with van der Waals surface area (Å²) in [6.07, 6.45) is 1.19. The van der Waals surface area contributed by atoms with Gasteiger partial charge in [-0.25, -0.2) is 0 Å². The topological polar surface area (TPSA) is 43.4 Å². The van der Waals surface area contributed by atoms with Crippen molar-refractivity contribution in [1.82, 2.24) is 0 Å². The minimum Gasteiger partial charge on any atom is -0.465 e. The molecule has 0 aromatic rings. The van der Waals surface area contributed by atoms with Gasteiger partial charge in [0.25, 0.3) is 0 Å². The second-order valence-electron chi connectivity index (χ2n) is 1.70. The van der Waals surface area contributed by atoms with Crippen LogP contribution in [0.3, 0.4) is 0 Å². The largest absolute Gasteiger partial charge is 0.465 e. The van der Waals surface area contributed by atoms with Crippen molar-refractivity contribution in [2.24, 2.45) is 5.92 Å². The maximum atomic E-state index is 10.4. The lowest BCUT2D eigenvalue weighted by Crippen LogP contribution is -2.07. The molecule has 0 aromatic carbocycles. The summed E-state index contributed by atoms with van der Waals surface area (Å²) in [4.78, 5) is 20.3.